The summed E-state index contributed by atoms with van der Waals surface area (Å²) in [7, 11) is -0.886. The van der Waals surface area contributed by atoms with Crippen LogP contribution in [0.2, 0.25) is 0 Å². The smallest absolute Gasteiger partial charge is 0.534 e. The van der Waals surface area contributed by atoms with Crippen molar-refractivity contribution in [2.45, 2.75) is 38.9 Å². The molecule has 2 fully saturated rings. The number of benzene rings is 4. The summed E-state index contributed by atoms with van der Waals surface area (Å²) >= 11 is 0. The van der Waals surface area contributed by atoms with Crippen LogP contribution in [0.1, 0.15) is 27.7 Å². The normalized spacial score (nSPS) is 19.3. The highest BCUT2D eigenvalue weighted by molar-refractivity contribution is 6.63. The first-order valence-corrected chi connectivity index (χ1v) is 11.6. The molecule has 6 heteroatoms. The number of hydrogen-bond acceptors (Lipinski definition) is 4. The van der Waals surface area contributed by atoms with Gasteiger partial charge in [-0.2, -0.15) is 0 Å². The summed E-state index contributed by atoms with van der Waals surface area (Å²) in [6.07, 6.45) is 0. The minimum absolute atomic E-state index is 0.438. The van der Waals surface area contributed by atoms with Crippen LogP contribution in [-0.4, -0.2) is 25.4 Å². The van der Waals surface area contributed by atoms with Gasteiger partial charge in [-0.1, -0.05) is 73.8 Å². The van der Waals surface area contributed by atoms with Gasteiger partial charge in [0.25, 0.3) is 0 Å². The zero-order valence-electron chi connectivity index (χ0n) is 20.0. The van der Waals surface area contributed by atoms with Crippen molar-refractivity contribution in [1.29, 1.82) is 0 Å². The van der Waals surface area contributed by atoms with Gasteiger partial charge < -0.3 is 18.6 Å². The molecule has 0 radical (unpaired) electrons. The van der Waals surface area contributed by atoms with E-state index in [2.05, 4.69) is 73.8 Å². The first-order chi connectivity index (χ1) is 16.1. The molecule has 6 rings (SSSR count). The molecule has 2 aliphatic rings. The van der Waals surface area contributed by atoms with Crippen molar-refractivity contribution < 1.29 is 18.6 Å². The average molecular weight is 448 g/mol. The van der Waals surface area contributed by atoms with Crippen LogP contribution in [0, 0.1) is 0 Å². The Labute approximate surface area is 200 Å². The van der Waals surface area contributed by atoms with Gasteiger partial charge in [-0.15, -0.1) is 0 Å². The average Bonchev–Trinajstić information content (AvgIpc) is 3.25. The van der Waals surface area contributed by atoms with E-state index >= 15 is 0 Å². The van der Waals surface area contributed by atoms with E-state index in [-0.39, 0.29) is 0 Å². The molecular weight excluding hydrogens is 422 g/mol. The molecule has 4 aromatic carbocycles. The van der Waals surface area contributed by atoms with Crippen LogP contribution in [0.4, 0.5) is 0 Å². The maximum Gasteiger partial charge on any atom is 0.563 e. The molecular formula is C28H26B2O4. The summed E-state index contributed by atoms with van der Waals surface area (Å²) in [5.74, 6) is 1.31. The topological polar surface area (TPSA) is 36.9 Å². The van der Waals surface area contributed by atoms with Crippen molar-refractivity contribution in [3.63, 3.8) is 0 Å². The Hall–Kier alpha value is -3.21. The van der Waals surface area contributed by atoms with Gasteiger partial charge in [-0.3, -0.25) is 0 Å². The number of rotatable bonds is 2. The molecule has 0 atom stereocenters. The van der Waals surface area contributed by atoms with Gasteiger partial charge in [0, 0.05) is 0 Å². The molecule has 168 valence electrons. The Kier molecular flexibility index (Phi) is 4.48. The fraction of sp³-hybridized carbons (Fsp3) is 0.214. The highest BCUT2D eigenvalue weighted by atomic mass is 16.7. The summed E-state index contributed by atoms with van der Waals surface area (Å²) < 4.78 is 24.0. The molecule has 4 aromatic rings. The molecule has 0 bridgehead atoms. The molecule has 0 unspecified atom stereocenters. The molecule has 0 N–H and O–H groups in total. The number of hydrogen-bond donors (Lipinski definition) is 0. The summed E-state index contributed by atoms with van der Waals surface area (Å²) in [6.45, 7) is 15.9. The molecule has 0 saturated carbocycles. The third kappa shape index (κ3) is 3.24. The Bertz CT molecular complexity index is 1520. The summed E-state index contributed by atoms with van der Waals surface area (Å²) in [5.41, 5.74) is 0.981. The Morgan fingerprint density at radius 3 is 1.62 bits per heavy atom. The van der Waals surface area contributed by atoms with E-state index in [0.717, 1.165) is 16.3 Å². The van der Waals surface area contributed by atoms with Crippen LogP contribution in [0.5, 0.6) is 0 Å². The molecule has 0 aromatic heterocycles. The fourth-order valence-corrected chi connectivity index (χ4v) is 4.73. The lowest BCUT2D eigenvalue weighted by Gasteiger charge is -2.16. The SMILES string of the molecule is C=C1OB(c2ccc3c(ccc4c5cc(B6OC(=C)C(C)(C)O6)ccc5ccc34)c2)OC1(C)C. The first kappa shape index (κ1) is 21.3. The summed E-state index contributed by atoms with van der Waals surface area (Å²) in [6, 6.07) is 21.5. The third-order valence-electron chi connectivity index (χ3n) is 7.07. The van der Waals surface area contributed by atoms with Crippen LogP contribution in [0.3, 0.4) is 0 Å². The highest BCUT2D eigenvalue weighted by Crippen LogP contribution is 2.34. The van der Waals surface area contributed by atoms with Crippen LogP contribution in [0.25, 0.3) is 32.3 Å². The summed E-state index contributed by atoms with van der Waals surface area (Å²) in [4.78, 5) is 0. The van der Waals surface area contributed by atoms with Gasteiger partial charge in [-0.25, -0.2) is 0 Å². The molecule has 0 spiro atoms. The van der Waals surface area contributed by atoms with E-state index in [9.17, 15) is 0 Å². The number of fused-ring (bicyclic) bond motifs is 5. The second kappa shape index (κ2) is 7.14. The van der Waals surface area contributed by atoms with Crippen molar-refractivity contribution in [1.82, 2.24) is 0 Å². The zero-order chi connectivity index (χ0) is 23.8. The monoisotopic (exact) mass is 448 g/mol. The standard InChI is InChI=1S/C28H26B2O4/c1-17-27(3,4)33-29(31-17)21-11-14-23-20(15-21)9-13-25-24(23)12-8-19-7-10-22(16-26(19)25)30-32-18(2)28(5,6)34-30/h7-16H,1-2H2,3-6H3. The molecule has 2 saturated heterocycles. The van der Waals surface area contributed by atoms with Crippen LogP contribution in [0.15, 0.2) is 85.3 Å². The first-order valence-electron chi connectivity index (χ1n) is 11.6. The van der Waals surface area contributed by atoms with E-state index < -0.39 is 25.4 Å². The van der Waals surface area contributed by atoms with Gasteiger partial charge in [-0.05, 0) is 70.9 Å². The highest BCUT2D eigenvalue weighted by Gasteiger charge is 2.43. The van der Waals surface area contributed by atoms with Crippen molar-refractivity contribution in [2.24, 2.45) is 0 Å². The van der Waals surface area contributed by atoms with E-state index in [1.165, 1.54) is 26.9 Å². The maximum atomic E-state index is 6.11. The quantitative estimate of drug-likeness (QED) is 0.312. The van der Waals surface area contributed by atoms with Crippen molar-refractivity contribution >= 4 is 57.5 Å². The van der Waals surface area contributed by atoms with Crippen molar-refractivity contribution in [3.05, 3.63) is 85.3 Å². The lowest BCUT2D eigenvalue weighted by atomic mass is 9.77. The van der Waals surface area contributed by atoms with Crippen LogP contribution >= 0.6 is 0 Å². The minimum atomic E-state index is -0.499. The van der Waals surface area contributed by atoms with Gasteiger partial charge >= 0.3 is 14.2 Å². The van der Waals surface area contributed by atoms with E-state index in [1.807, 2.05) is 27.7 Å². The zero-order valence-corrected chi connectivity index (χ0v) is 20.0. The lowest BCUT2D eigenvalue weighted by Crippen LogP contribution is -2.34. The Morgan fingerprint density at radius 1 is 0.559 bits per heavy atom. The molecule has 0 amide bonds. The molecule has 34 heavy (non-hydrogen) atoms. The Morgan fingerprint density at radius 2 is 1.03 bits per heavy atom. The van der Waals surface area contributed by atoms with Crippen molar-refractivity contribution in [3.8, 4) is 0 Å². The molecule has 0 aliphatic carbocycles. The Balaban J connectivity index is 1.44. The van der Waals surface area contributed by atoms with E-state index in [1.54, 1.807) is 0 Å². The predicted octanol–water partition coefficient (Wildman–Crippen LogP) is 5.21. The van der Waals surface area contributed by atoms with E-state index in [0.29, 0.717) is 11.5 Å². The second-order valence-corrected chi connectivity index (χ2v) is 10.2. The van der Waals surface area contributed by atoms with E-state index in [4.69, 9.17) is 18.6 Å². The minimum Gasteiger partial charge on any atom is -0.534 e. The molecule has 2 aliphatic heterocycles. The molecule has 2 heterocycles. The lowest BCUT2D eigenvalue weighted by molar-refractivity contribution is 0.172. The maximum absolute atomic E-state index is 6.11. The predicted molar refractivity (Wildman–Crippen MR) is 141 cm³/mol. The largest absolute Gasteiger partial charge is 0.563 e. The van der Waals surface area contributed by atoms with Gasteiger partial charge in [0.2, 0.25) is 0 Å². The van der Waals surface area contributed by atoms with Gasteiger partial charge in [0.15, 0.2) is 0 Å². The van der Waals surface area contributed by atoms with Gasteiger partial charge in [0.1, 0.15) is 11.2 Å². The van der Waals surface area contributed by atoms with Crippen LogP contribution < -0.4 is 10.9 Å². The van der Waals surface area contributed by atoms with Crippen molar-refractivity contribution in [2.75, 3.05) is 0 Å². The molecule has 4 nitrogen and oxygen atoms in total. The summed E-state index contributed by atoms with van der Waals surface area (Å²) in [5, 5.41) is 7.07. The second-order valence-electron chi connectivity index (χ2n) is 10.2. The van der Waals surface area contributed by atoms with Crippen LogP contribution in [-0.2, 0) is 18.6 Å². The van der Waals surface area contributed by atoms with Gasteiger partial charge in [0.05, 0.1) is 11.5 Å². The fourth-order valence-electron chi connectivity index (χ4n) is 4.73. The third-order valence-corrected chi connectivity index (χ3v) is 7.07.